The Morgan fingerprint density at radius 2 is 1.88 bits per heavy atom. The summed E-state index contributed by atoms with van der Waals surface area (Å²) in [7, 11) is 0. The molecule has 1 N–H and O–H groups in total. The van der Waals surface area contributed by atoms with Gasteiger partial charge in [-0.2, -0.15) is 0 Å². The first kappa shape index (κ1) is 11.7. The summed E-state index contributed by atoms with van der Waals surface area (Å²) in [6.45, 7) is 8.16. The molecule has 1 heterocycles. The van der Waals surface area contributed by atoms with Crippen molar-refractivity contribution >= 4 is 0 Å². The van der Waals surface area contributed by atoms with Crippen molar-refractivity contribution in [1.29, 1.82) is 0 Å². The van der Waals surface area contributed by atoms with Crippen LogP contribution in [-0.2, 0) is 0 Å². The molecule has 2 rings (SSSR count). The van der Waals surface area contributed by atoms with E-state index in [1.807, 2.05) is 0 Å². The fourth-order valence-corrected chi connectivity index (χ4v) is 2.78. The maximum atomic E-state index is 3.70. The molecule has 0 spiro atoms. The second kappa shape index (κ2) is 5.01. The smallest absolute Gasteiger partial charge is 0.00930 e. The van der Waals surface area contributed by atoms with Crippen LogP contribution in [0.15, 0.2) is 30.3 Å². The maximum absolute atomic E-state index is 3.70. The van der Waals surface area contributed by atoms with Gasteiger partial charge in [-0.1, -0.05) is 51.1 Å². The lowest BCUT2D eigenvalue weighted by Crippen LogP contribution is -2.44. The summed E-state index contributed by atoms with van der Waals surface area (Å²) in [5.41, 5.74) is 1.49. The molecule has 0 aliphatic carbocycles. The number of rotatable bonds is 2. The van der Waals surface area contributed by atoms with Gasteiger partial charge in [0.2, 0.25) is 0 Å². The molecule has 3 atom stereocenters. The normalized spacial score (nSPS) is 30.6. The van der Waals surface area contributed by atoms with Gasteiger partial charge in [-0.3, -0.25) is 0 Å². The highest BCUT2D eigenvalue weighted by Gasteiger charge is 2.29. The average molecular weight is 217 g/mol. The highest BCUT2D eigenvalue weighted by molar-refractivity contribution is 5.21. The van der Waals surface area contributed by atoms with Crippen LogP contribution in [0.4, 0.5) is 0 Å². The van der Waals surface area contributed by atoms with Crippen molar-refractivity contribution in [3.05, 3.63) is 35.9 Å². The van der Waals surface area contributed by atoms with E-state index in [4.69, 9.17) is 0 Å². The molecule has 0 radical (unpaired) electrons. The minimum absolute atomic E-state index is 0.691. The number of hydrogen-bond donors (Lipinski definition) is 1. The van der Waals surface area contributed by atoms with Crippen LogP contribution in [0.1, 0.15) is 38.7 Å². The highest BCUT2D eigenvalue weighted by Crippen LogP contribution is 2.32. The molecule has 1 nitrogen and oxygen atoms in total. The van der Waals surface area contributed by atoms with Crippen LogP contribution in [0, 0.1) is 11.8 Å². The third kappa shape index (κ3) is 2.46. The summed E-state index contributed by atoms with van der Waals surface area (Å²) < 4.78 is 0. The molecule has 0 amide bonds. The molecule has 88 valence electrons. The van der Waals surface area contributed by atoms with Gasteiger partial charge < -0.3 is 5.32 Å². The summed E-state index contributed by atoms with van der Waals surface area (Å²) in [5, 5.41) is 3.70. The van der Waals surface area contributed by atoms with E-state index in [9.17, 15) is 0 Å². The van der Waals surface area contributed by atoms with Crippen LogP contribution in [0.2, 0.25) is 0 Å². The molecule has 1 saturated heterocycles. The Bertz CT molecular complexity index is 317. The van der Waals surface area contributed by atoms with Crippen LogP contribution >= 0.6 is 0 Å². The fourth-order valence-electron chi connectivity index (χ4n) is 2.78. The Balaban J connectivity index is 2.05. The largest absolute Gasteiger partial charge is 0.313 e. The molecule has 1 aliphatic heterocycles. The van der Waals surface area contributed by atoms with Gasteiger partial charge in [0.1, 0.15) is 0 Å². The second-order valence-corrected chi connectivity index (χ2v) is 5.49. The van der Waals surface area contributed by atoms with Crippen LogP contribution in [-0.4, -0.2) is 12.6 Å². The van der Waals surface area contributed by atoms with Crippen LogP contribution < -0.4 is 5.32 Å². The Morgan fingerprint density at radius 3 is 2.44 bits per heavy atom. The van der Waals surface area contributed by atoms with Gasteiger partial charge in [0, 0.05) is 12.6 Å². The van der Waals surface area contributed by atoms with E-state index < -0.39 is 0 Å². The molecule has 1 aromatic carbocycles. The standard InChI is InChI=1S/C15H23N/c1-11(2)15-9-12(3)14(10-16-15)13-7-5-4-6-8-13/h4-8,11-12,14-16H,9-10H2,1-3H3. The van der Waals surface area contributed by atoms with Gasteiger partial charge in [-0.25, -0.2) is 0 Å². The Morgan fingerprint density at radius 1 is 1.19 bits per heavy atom. The molecule has 0 saturated carbocycles. The van der Waals surface area contributed by atoms with Crippen molar-refractivity contribution in [1.82, 2.24) is 5.32 Å². The summed E-state index contributed by atoms with van der Waals surface area (Å²) >= 11 is 0. The monoisotopic (exact) mass is 217 g/mol. The van der Waals surface area contributed by atoms with E-state index in [2.05, 4.69) is 56.4 Å². The zero-order valence-corrected chi connectivity index (χ0v) is 10.6. The van der Waals surface area contributed by atoms with Gasteiger partial charge in [0.25, 0.3) is 0 Å². The predicted molar refractivity (Wildman–Crippen MR) is 69.6 cm³/mol. The van der Waals surface area contributed by atoms with Crippen LogP contribution in [0.5, 0.6) is 0 Å². The Labute approximate surface area is 99.3 Å². The van der Waals surface area contributed by atoms with Gasteiger partial charge in [0.15, 0.2) is 0 Å². The maximum Gasteiger partial charge on any atom is 0.00930 e. The first-order valence-electron chi connectivity index (χ1n) is 6.47. The lowest BCUT2D eigenvalue weighted by molar-refractivity contribution is 0.240. The molecule has 3 unspecified atom stereocenters. The van der Waals surface area contributed by atoms with Crippen molar-refractivity contribution < 1.29 is 0 Å². The number of piperidine rings is 1. The van der Waals surface area contributed by atoms with E-state index in [0.717, 1.165) is 18.4 Å². The van der Waals surface area contributed by atoms with Crippen LogP contribution in [0.3, 0.4) is 0 Å². The number of hydrogen-bond acceptors (Lipinski definition) is 1. The molecule has 0 aromatic heterocycles. The summed E-state index contributed by atoms with van der Waals surface area (Å²) in [6, 6.07) is 11.6. The van der Waals surface area contributed by atoms with E-state index in [-0.39, 0.29) is 0 Å². The Kier molecular flexibility index (Phi) is 3.65. The second-order valence-electron chi connectivity index (χ2n) is 5.49. The molecular formula is C15H23N. The SMILES string of the molecule is CC(C)C1CC(C)C(c2ccccc2)CN1. The fraction of sp³-hybridized carbons (Fsp3) is 0.600. The molecule has 1 aliphatic rings. The predicted octanol–water partition coefficient (Wildman–Crippen LogP) is 3.42. The summed E-state index contributed by atoms with van der Waals surface area (Å²) in [6.07, 6.45) is 1.30. The van der Waals surface area contributed by atoms with E-state index in [1.54, 1.807) is 0 Å². The molecule has 1 aromatic rings. The lowest BCUT2D eigenvalue weighted by Gasteiger charge is -2.37. The van der Waals surface area contributed by atoms with Crippen molar-refractivity contribution in [2.45, 2.75) is 39.2 Å². The zero-order chi connectivity index (χ0) is 11.5. The molecular weight excluding hydrogens is 194 g/mol. The van der Waals surface area contributed by atoms with Crippen LogP contribution in [0.25, 0.3) is 0 Å². The number of nitrogens with one attached hydrogen (secondary N) is 1. The highest BCUT2D eigenvalue weighted by atomic mass is 14.9. The van der Waals surface area contributed by atoms with Crippen molar-refractivity contribution in [3.8, 4) is 0 Å². The molecule has 16 heavy (non-hydrogen) atoms. The van der Waals surface area contributed by atoms with Gasteiger partial charge in [-0.05, 0) is 29.7 Å². The Hall–Kier alpha value is -0.820. The van der Waals surface area contributed by atoms with Crippen molar-refractivity contribution in [3.63, 3.8) is 0 Å². The van der Waals surface area contributed by atoms with Crippen molar-refractivity contribution in [2.75, 3.05) is 6.54 Å². The molecule has 0 bridgehead atoms. The third-order valence-electron chi connectivity index (χ3n) is 3.95. The first-order valence-corrected chi connectivity index (χ1v) is 6.47. The van der Waals surface area contributed by atoms with E-state index >= 15 is 0 Å². The minimum Gasteiger partial charge on any atom is -0.313 e. The molecule has 1 fully saturated rings. The van der Waals surface area contributed by atoms with E-state index in [1.165, 1.54) is 12.0 Å². The summed E-state index contributed by atoms with van der Waals surface area (Å²) in [4.78, 5) is 0. The average Bonchev–Trinajstić information content (AvgIpc) is 2.30. The van der Waals surface area contributed by atoms with E-state index in [0.29, 0.717) is 12.0 Å². The van der Waals surface area contributed by atoms with Gasteiger partial charge >= 0.3 is 0 Å². The first-order chi connectivity index (χ1) is 7.68. The zero-order valence-electron chi connectivity index (χ0n) is 10.6. The third-order valence-corrected chi connectivity index (χ3v) is 3.95. The number of benzene rings is 1. The van der Waals surface area contributed by atoms with Crippen molar-refractivity contribution in [2.24, 2.45) is 11.8 Å². The molecule has 1 heteroatoms. The van der Waals surface area contributed by atoms with Gasteiger partial charge in [0.05, 0.1) is 0 Å². The lowest BCUT2D eigenvalue weighted by atomic mass is 9.78. The quantitative estimate of drug-likeness (QED) is 0.800. The topological polar surface area (TPSA) is 12.0 Å². The van der Waals surface area contributed by atoms with Gasteiger partial charge in [-0.15, -0.1) is 0 Å². The minimum atomic E-state index is 0.691. The summed E-state index contributed by atoms with van der Waals surface area (Å²) in [5.74, 6) is 2.23.